The topological polar surface area (TPSA) is 57.6 Å². The van der Waals surface area contributed by atoms with Gasteiger partial charge in [0.1, 0.15) is 5.75 Å². The van der Waals surface area contributed by atoms with E-state index in [-0.39, 0.29) is 27.8 Å². The molecule has 8 heteroatoms. The van der Waals surface area contributed by atoms with E-state index in [1.54, 1.807) is 12.1 Å². The first-order valence-corrected chi connectivity index (χ1v) is 8.29. The summed E-state index contributed by atoms with van der Waals surface area (Å²) in [5.41, 5.74) is 0.309. The van der Waals surface area contributed by atoms with Crippen molar-refractivity contribution in [1.29, 1.82) is 0 Å². The summed E-state index contributed by atoms with van der Waals surface area (Å²) in [4.78, 5) is 24.8. The molecule has 2 aromatic rings. The average molecular weight is 379 g/mol. The number of aromatic hydroxyl groups is 1. The average Bonchev–Trinajstić information content (AvgIpc) is 2.86. The van der Waals surface area contributed by atoms with E-state index in [9.17, 15) is 27.9 Å². The van der Waals surface area contributed by atoms with Gasteiger partial charge < -0.3 is 5.11 Å². The molecule has 2 aromatic carbocycles. The second-order valence-corrected chi connectivity index (χ2v) is 6.56. The maximum Gasteiger partial charge on any atom is 0.349 e. The van der Waals surface area contributed by atoms with Crippen molar-refractivity contribution in [2.75, 3.05) is 6.54 Å². The summed E-state index contributed by atoms with van der Waals surface area (Å²) >= 11 is -0.163. The highest BCUT2D eigenvalue weighted by molar-refractivity contribution is 8.00. The predicted molar refractivity (Wildman–Crippen MR) is 89.9 cm³/mol. The van der Waals surface area contributed by atoms with Crippen molar-refractivity contribution in [3.63, 3.8) is 0 Å². The molecule has 134 valence electrons. The lowest BCUT2D eigenvalue weighted by molar-refractivity contribution is 0.0667. The lowest BCUT2D eigenvalue weighted by Gasteiger charge is -2.16. The highest BCUT2D eigenvalue weighted by Gasteiger charge is 2.39. The summed E-state index contributed by atoms with van der Waals surface area (Å²) in [7, 11) is 0. The van der Waals surface area contributed by atoms with E-state index in [1.165, 1.54) is 36.4 Å². The Morgan fingerprint density at radius 3 is 2.15 bits per heavy atom. The number of imide groups is 1. The number of carbonyl (C=O) groups is 2. The molecular formula is C18H12F3NO3S. The maximum atomic E-state index is 14.0. The Hall–Kier alpha value is -2.74. The van der Waals surface area contributed by atoms with Crippen LogP contribution in [0.1, 0.15) is 20.7 Å². The summed E-state index contributed by atoms with van der Waals surface area (Å²) in [6, 6.07) is 11.3. The van der Waals surface area contributed by atoms with Crippen LogP contribution >= 0.6 is 11.8 Å². The SMILES string of the molecule is O=C1c2ccccc2C(=O)N1CC=C(F)C(F)(F)Sc1ccccc1O. The molecule has 0 atom stereocenters. The molecule has 1 heterocycles. The van der Waals surface area contributed by atoms with E-state index in [1.807, 2.05) is 0 Å². The van der Waals surface area contributed by atoms with Crippen molar-refractivity contribution in [2.45, 2.75) is 10.2 Å². The summed E-state index contributed by atoms with van der Waals surface area (Å²) < 4.78 is 42.1. The molecule has 4 nitrogen and oxygen atoms in total. The number of alkyl halides is 2. The molecule has 0 bridgehead atoms. The number of rotatable bonds is 5. The van der Waals surface area contributed by atoms with Crippen molar-refractivity contribution in [2.24, 2.45) is 0 Å². The van der Waals surface area contributed by atoms with E-state index < -0.39 is 35.2 Å². The van der Waals surface area contributed by atoms with Gasteiger partial charge in [0.2, 0.25) is 0 Å². The number of para-hydroxylation sites is 1. The first-order chi connectivity index (χ1) is 12.3. The number of fused-ring (bicyclic) bond motifs is 1. The second kappa shape index (κ2) is 6.87. The van der Waals surface area contributed by atoms with Crippen molar-refractivity contribution >= 4 is 23.6 Å². The molecule has 1 aliphatic heterocycles. The van der Waals surface area contributed by atoms with Crippen molar-refractivity contribution < 1.29 is 27.9 Å². The van der Waals surface area contributed by atoms with Crippen LogP contribution in [0.15, 0.2) is 65.3 Å². The summed E-state index contributed by atoms with van der Waals surface area (Å²) in [5.74, 6) is -3.52. The number of carbonyl (C=O) groups excluding carboxylic acids is 2. The first kappa shape index (κ1) is 18.1. The van der Waals surface area contributed by atoms with Crippen LogP contribution in [0, 0.1) is 0 Å². The summed E-state index contributed by atoms with van der Waals surface area (Å²) in [6.45, 7) is -0.616. The fourth-order valence-corrected chi connectivity index (χ4v) is 3.20. The van der Waals surface area contributed by atoms with E-state index in [4.69, 9.17) is 0 Å². The molecule has 2 amide bonds. The number of hydrogen-bond acceptors (Lipinski definition) is 4. The molecule has 0 saturated heterocycles. The van der Waals surface area contributed by atoms with Gasteiger partial charge in [0.15, 0.2) is 5.83 Å². The van der Waals surface area contributed by atoms with Crippen LogP contribution < -0.4 is 0 Å². The lowest BCUT2D eigenvalue weighted by atomic mass is 10.1. The van der Waals surface area contributed by atoms with Gasteiger partial charge in [-0.2, -0.15) is 8.78 Å². The molecule has 0 unspecified atom stereocenters. The fourth-order valence-electron chi connectivity index (χ4n) is 2.43. The molecule has 1 N–H and O–H groups in total. The Balaban J connectivity index is 1.75. The Morgan fingerprint density at radius 1 is 1.04 bits per heavy atom. The quantitative estimate of drug-likeness (QED) is 0.624. The zero-order chi connectivity index (χ0) is 18.9. The Labute approximate surface area is 150 Å². The highest BCUT2D eigenvalue weighted by Crippen LogP contribution is 2.44. The van der Waals surface area contributed by atoms with Gasteiger partial charge in [0.25, 0.3) is 11.8 Å². The van der Waals surface area contributed by atoms with Crippen LogP contribution in [0.4, 0.5) is 13.2 Å². The third-order valence-corrected chi connectivity index (χ3v) is 4.73. The maximum absolute atomic E-state index is 14.0. The van der Waals surface area contributed by atoms with Crippen LogP contribution in [0.25, 0.3) is 0 Å². The van der Waals surface area contributed by atoms with Gasteiger partial charge in [-0.1, -0.05) is 24.3 Å². The Bertz CT molecular complexity index is 879. The van der Waals surface area contributed by atoms with Crippen LogP contribution in [0.2, 0.25) is 0 Å². The van der Waals surface area contributed by atoms with Crippen LogP contribution in [0.3, 0.4) is 0 Å². The van der Waals surface area contributed by atoms with Gasteiger partial charge in [0, 0.05) is 0 Å². The molecule has 0 radical (unpaired) electrons. The Kier molecular flexibility index (Phi) is 4.78. The smallest absolute Gasteiger partial charge is 0.349 e. The van der Waals surface area contributed by atoms with Crippen LogP contribution in [0.5, 0.6) is 5.75 Å². The largest absolute Gasteiger partial charge is 0.507 e. The predicted octanol–water partition coefficient (Wildman–Crippen LogP) is 4.23. The van der Waals surface area contributed by atoms with Gasteiger partial charge in [-0.25, -0.2) is 4.39 Å². The molecule has 26 heavy (non-hydrogen) atoms. The highest BCUT2D eigenvalue weighted by atomic mass is 32.2. The molecule has 0 aliphatic carbocycles. The number of phenols is 1. The molecule has 0 spiro atoms. The number of halogens is 3. The third kappa shape index (κ3) is 3.32. The first-order valence-electron chi connectivity index (χ1n) is 7.47. The normalized spacial score (nSPS) is 14.7. The van der Waals surface area contributed by atoms with Crippen molar-refractivity contribution in [3.8, 4) is 5.75 Å². The zero-order valence-corrected chi connectivity index (χ0v) is 14.0. The summed E-state index contributed by atoms with van der Waals surface area (Å²) in [6.07, 6.45) is 0.495. The number of nitrogens with zero attached hydrogens (tertiary/aromatic N) is 1. The van der Waals surface area contributed by atoms with Gasteiger partial charge in [-0.3, -0.25) is 14.5 Å². The van der Waals surface area contributed by atoms with E-state index >= 15 is 0 Å². The van der Waals surface area contributed by atoms with Crippen LogP contribution in [-0.4, -0.2) is 33.6 Å². The fraction of sp³-hybridized carbons (Fsp3) is 0.111. The molecule has 3 rings (SSSR count). The number of phenolic OH excluding ortho intramolecular Hbond substituents is 1. The molecule has 0 fully saturated rings. The summed E-state index contributed by atoms with van der Waals surface area (Å²) in [5, 5.41) is 5.57. The molecule has 0 saturated carbocycles. The van der Waals surface area contributed by atoms with Crippen molar-refractivity contribution in [3.05, 3.63) is 71.6 Å². The molecular weight excluding hydrogens is 367 g/mol. The van der Waals surface area contributed by atoms with Gasteiger partial charge in [-0.15, -0.1) is 0 Å². The third-order valence-electron chi connectivity index (χ3n) is 3.71. The minimum absolute atomic E-state index is 0.154. The number of benzene rings is 2. The Morgan fingerprint density at radius 2 is 1.58 bits per heavy atom. The number of hydrogen-bond donors (Lipinski definition) is 1. The van der Waals surface area contributed by atoms with Crippen molar-refractivity contribution in [1.82, 2.24) is 4.90 Å². The standard InChI is InChI=1S/C18H12F3NO3S/c19-15(18(20,21)26-14-8-4-3-7-13(14)23)9-10-22-16(24)11-5-1-2-6-12(11)17(22)25/h1-9,23H,10H2. The van der Waals surface area contributed by atoms with Gasteiger partial charge in [-0.05, 0) is 42.1 Å². The van der Waals surface area contributed by atoms with E-state index in [0.29, 0.717) is 11.0 Å². The molecule has 0 aromatic heterocycles. The monoisotopic (exact) mass is 379 g/mol. The number of amides is 2. The number of thioether (sulfide) groups is 1. The lowest BCUT2D eigenvalue weighted by Crippen LogP contribution is -2.30. The second-order valence-electron chi connectivity index (χ2n) is 5.41. The van der Waals surface area contributed by atoms with E-state index in [2.05, 4.69) is 0 Å². The zero-order valence-electron chi connectivity index (χ0n) is 13.2. The minimum Gasteiger partial charge on any atom is -0.507 e. The van der Waals surface area contributed by atoms with Gasteiger partial charge >= 0.3 is 5.25 Å². The minimum atomic E-state index is -3.96. The molecule has 1 aliphatic rings. The van der Waals surface area contributed by atoms with Gasteiger partial charge in [0.05, 0.1) is 22.6 Å². The van der Waals surface area contributed by atoms with Crippen LogP contribution in [-0.2, 0) is 0 Å². The van der Waals surface area contributed by atoms with E-state index in [0.717, 1.165) is 0 Å².